The number of amides is 1. The molecule has 2 aromatic heterocycles. The van der Waals surface area contributed by atoms with E-state index < -0.39 is 15.9 Å². The molecule has 1 amide bonds. The molecule has 0 unspecified atom stereocenters. The van der Waals surface area contributed by atoms with Crippen LogP contribution in [-0.4, -0.2) is 24.8 Å². The number of aryl methyl sites for hydroxylation is 1. The van der Waals surface area contributed by atoms with E-state index in [1.165, 1.54) is 22.8 Å². The van der Waals surface area contributed by atoms with Gasteiger partial charge in [-0.1, -0.05) is 47.0 Å². The molecule has 1 N–H and O–H groups in total. The highest BCUT2D eigenvalue weighted by Crippen LogP contribution is 2.27. The van der Waals surface area contributed by atoms with Crippen LogP contribution in [0, 0.1) is 6.92 Å². The fourth-order valence-electron chi connectivity index (χ4n) is 3.27. The van der Waals surface area contributed by atoms with Crippen LogP contribution in [0.4, 0.5) is 0 Å². The van der Waals surface area contributed by atoms with Gasteiger partial charge in [0.15, 0.2) is 5.76 Å². The molecule has 0 saturated heterocycles. The third-order valence-electron chi connectivity index (χ3n) is 5.14. The number of carbonyl (C=O) groups excluding carboxylic acids is 1. The number of carbonyl (C=O) groups is 1. The average Bonchev–Trinajstić information content (AvgIpc) is 3.53. The standard InChI is InChI=1S/C25H21Cl2N3O5S/c1-17-4-10-22(11-5-17)36(32,33)30(15-18-6-7-19(26)13-23(18)27)16-21-9-8-20(35-21)14-28-29-25(31)24-3-2-12-34-24/h2-14H,15-16H2,1H3,(H,29,31)/b28-14-. The molecule has 0 fully saturated rings. The van der Waals surface area contributed by atoms with E-state index in [2.05, 4.69) is 10.5 Å². The smallest absolute Gasteiger partial charge is 0.307 e. The number of hydrogen-bond donors (Lipinski definition) is 1. The van der Waals surface area contributed by atoms with Gasteiger partial charge in [-0.2, -0.15) is 9.41 Å². The first-order chi connectivity index (χ1) is 17.2. The van der Waals surface area contributed by atoms with E-state index in [1.54, 1.807) is 60.7 Å². The van der Waals surface area contributed by atoms with Gasteiger partial charge >= 0.3 is 5.91 Å². The summed E-state index contributed by atoms with van der Waals surface area (Å²) in [7, 11) is -3.90. The van der Waals surface area contributed by atoms with Crippen molar-refractivity contribution in [2.24, 2.45) is 5.10 Å². The second-order valence-electron chi connectivity index (χ2n) is 7.80. The predicted molar refractivity (Wildman–Crippen MR) is 137 cm³/mol. The van der Waals surface area contributed by atoms with E-state index in [1.807, 2.05) is 6.92 Å². The molecule has 2 heterocycles. The van der Waals surface area contributed by atoms with E-state index >= 15 is 0 Å². The fourth-order valence-corrected chi connectivity index (χ4v) is 5.12. The van der Waals surface area contributed by atoms with Crippen molar-refractivity contribution >= 4 is 45.3 Å². The van der Waals surface area contributed by atoms with Crippen LogP contribution < -0.4 is 5.43 Å². The maximum atomic E-state index is 13.5. The quantitative estimate of drug-likeness (QED) is 0.216. The lowest BCUT2D eigenvalue weighted by Gasteiger charge is -2.22. The molecule has 0 atom stereocenters. The number of nitrogens with zero attached hydrogens (tertiary/aromatic N) is 2. The Morgan fingerprint density at radius 2 is 1.83 bits per heavy atom. The molecule has 0 bridgehead atoms. The van der Waals surface area contributed by atoms with Crippen molar-refractivity contribution in [3.05, 3.63) is 111 Å². The average molecular weight is 546 g/mol. The van der Waals surface area contributed by atoms with E-state index in [0.29, 0.717) is 27.1 Å². The zero-order chi connectivity index (χ0) is 25.7. The molecule has 0 spiro atoms. The Hall–Kier alpha value is -3.37. The number of halogens is 2. The van der Waals surface area contributed by atoms with Gasteiger partial charge < -0.3 is 8.83 Å². The van der Waals surface area contributed by atoms with Gasteiger partial charge in [-0.05, 0) is 61.0 Å². The fraction of sp³-hybridized carbons (Fsp3) is 0.120. The summed E-state index contributed by atoms with van der Waals surface area (Å²) in [5.41, 5.74) is 3.85. The van der Waals surface area contributed by atoms with Crippen LogP contribution in [-0.2, 0) is 23.1 Å². The van der Waals surface area contributed by atoms with Crippen molar-refractivity contribution in [1.29, 1.82) is 0 Å². The second-order valence-corrected chi connectivity index (χ2v) is 10.6. The highest BCUT2D eigenvalue weighted by atomic mass is 35.5. The van der Waals surface area contributed by atoms with Gasteiger partial charge in [0.05, 0.1) is 23.9 Å². The summed E-state index contributed by atoms with van der Waals surface area (Å²) in [6, 6.07) is 17.8. The minimum absolute atomic E-state index is 0.00443. The van der Waals surface area contributed by atoms with Gasteiger partial charge in [0, 0.05) is 16.6 Å². The van der Waals surface area contributed by atoms with E-state index in [-0.39, 0.29) is 23.7 Å². The normalized spacial score (nSPS) is 11.9. The third-order valence-corrected chi connectivity index (χ3v) is 7.53. The highest BCUT2D eigenvalue weighted by Gasteiger charge is 2.27. The molecule has 0 aliphatic rings. The molecule has 0 aliphatic carbocycles. The second kappa shape index (κ2) is 11.1. The van der Waals surface area contributed by atoms with Gasteiger partial charge in [-0.15, -0.1) is 0 Å². The van der Waals surface area contributed by atoms with Crippen molar-refractivity contribution in [3.63, 3.8) is 0 Å². The van der Waals surface area contributed by atoms with Crippen molar-refractivity contribution < 1.29 is 22.0 Å². The first-order valence-electron chi connectivity index (χ1n) is 10.7. The zero-order valence-electron chi connectivity index (χ0n) is 19.0. The summed E-state index contributed by atoms with van der Waals surface area (Å²) in [6.07, 6.45) is 2.68. The molecule has 0 aliphatic heterocycles. The third kappa shape index (κ3) is 6.24. The number of sulfonamides is 1. The Morgan fingerprint density at radius 3 is 2.53 bits per heavy atom. The van der Waals surface area contributed by atoms with Gasteiger partial charge in [0.25, 0.3) is 0 Å². The number of hydrogen-bond acceptors (Lipinski definition) is 6. The molecule has 4 rings (SSSR count). The van der Waals surface area contributed by atoms with Crippen molar-refractivity contribution in [2.45, 2.75) is 24.9 Å². The minimum Gasteiger partial charge on any atom is -0.459 e. The first kappa shape index (κ1) is 25.7. The lowest BCUT2D eigenvalue weighted by atomic mass is 10.2. The maximum Gasteiger partial charge on any atom is 0.307 e. The summed E-state index contributed by atoms with van der Waals surface area (Å²) in [5, 5.41) is 4.64. The SMILES string of the molecule is Cc1ccc(S(=O)(=O)N(Cc2ccc(/C=N\NC(=O)c3ccco3)o2)Cc2ccc(Cl)cc2Cl)cc1. The summed E-state index contributed by atoms with van der Waals surface area (Å²) >= 11 is 12.3. The summed E-state index contributed by atoms with van der Waals surface area (Å²) in [4.78, 5) is 12.0. The molecule has 8 nitrogen and oxygen atoms in total. The van der Waals surface area contributed by atoms with E-state index in [4.69, 9.17) is 32.0 Å². The van der Waals surface area contributed by atoms with Crippen LogP contribution in [0.2, 0.25) is 10.0 Å². The van der Waals surface area contributed by atoms with Crippen LogP contribution in [0.15, 0.2) is 91.8 Å². The van der Waals surface area contributed by atoms with Crippen molar-refractivity contribution in [3.8, 4) is 0 Å². The van der Waals surface area contributed by atoms with Crippen LogP contribution in [0.3, 0.4) is 0 Å². The van der Waals surface area contributed by atoms with Gasteiger partial charge in [0.2, 0.25) is 10.0 Å². The van der Waals surface area contributed by atoms with Crippen molar-refractivity contribution in [2.75, 3.05) is 0 Å². The maximum absolute atomic E-state index is 13.5. The van der Waals surface area contributed by atoms with Crippen molar-refractivity contribution in [1.82, 2.24) is 9.73 Å². The first-order valence-corrected chi connectivity index (χ1v) is 12.9. The van der Waals surface area contributed by atoms with E-state index in [0.717, 1.165) is 5.56 Å². The monoisotopic (exact) mass is 545 g/mol. The zero-order valence-corrected chi connectivity index (χ0v) is 21.3. The Bertz CT molecular complexity index is 1480. The Balaban J connectivity index is 1.55. The lowest BCUT2D eigenvalue weighted by molar-refractivity contribution is 0.0927. The summed E-state index contributed by atoms with van der Waals surface area (Å²) < 4.78 is 39.1. The van der Waals surface area contributed by atoms with Gasteiger partial charge in [0.1, 0.15) is 11.5 Å². The van der Waals surface area contributed by atoms with Crippen LogP contribution in [0.1, 0.15) is 33.2 Å². The van der Waals surface area contributed by atoms with Crippen LogP contribution in [0.5, 0.6) is 0 Å². The minimum atomic E-state index is -3.90. The molecule has 186 valence electrons. The Labute approximate surface area is 218 Å². The molecule has 4 aromatic rings. The topological polar surface area (TPSA) is 105 Å². The number of hydrazone groups is 1. The van der Waals surface area contributed by atoms with Gasteiger partial charge in [-0.3, -0.25) is 4.79 Å². The summed E-state index contributed by atoms with van der Waals surface area (Å²) in [5.74, 6) is 0.292. The molecular formula is C25H21Cl2N3O5S. The molecule has 0 saturated carbocycles. The Kier molecular flexibility index (Phi) is 7.95. The van der Waals surface area contributed by atoms with Crippen LogP contribution >= 0.6 is 23.2 Å². The van der Waals surface area contributed by atoms with Crippen LogP contribution in [0.25, 0.3) is 0 Å². The molecule has 11 heteroatoms. The molecular weight excluding hydrogens is 525 g/mol. The molecule has 36 heavy (non-hydrogen) atoms. The molecule has 0 radical (unpaired) electrons. The number of furan rings is 2. The highest BCUT2D eigenvalue weighted by molar-refractivity contribution is 7.89. The largest absolute Gasteiger partial charge is 0.459 e. The summed E-state index contributed by atoms with van der Waals surface area (Å²) in [6.45, 7) is 1.81. The van der Waals surface area contributed by atoms with E-state index in [9.17, 15) is 13.2 Å². The number of benzene rings is 2. The van der Waals surface area contributed by atoms with Gasteiger partial charge in [-0.25, -0.2) is 13.8 Å². The molecule has 2 aromatic carbocycles. The number of rotatable bonds is 9. The predicted octanol–water partition coefficient (Wildman–Crippen LogP) is 5.64. The number of nitrogens with one attached hydrogen (secondary N) is 1. The Morgan fingerprint density at radius 1 is 1.06 bits per heavy atom. The lowest BCUT2D eigenvalue weighted by Crippen LogP contribution is -2.30.